The molecular weight excluding hydrogens is 348 g/mol. The van der Waals surface area contributed by atoms with Crippen molar-refractivity contribution in [2.75, 3.05) is 18.4 Å². The van der Waals surface area contributed by atoms with Crippen LogP contribution in [0.4, 0.5) is 5.69 Å². The molecule has 0 radical (unpaired) electrons. The zero-order valence-electron chi connectivity index (χ0n) is 15.1. The fourth-order valence-corrected chi connectivity index (χ4v) is 4.85. The number of carbonyl (C=O) groups excluding carboxylic acids is 1. The second-order valence-corrected chi connectivity index (χ2v) is 8.84. The van der Waals surface area contributed by atoms with E-state index in [1.165, 1.54) is 0 Å². The molecule has 0 aromatic heterocycles. The molecule has 1 atom stereocenters. The first-order chi connectivity index (χ1) is 12.4. The fourth-order valence-electron chi connectivity index (χ4n) is 3.25. The summed E-state index contributed by atoms with van der Waals surface area (Å²) in [5.41, 5.74) is 2.07. The second kappa shape index (κ2) is 7.60. The van der Waals surface area contributed by atoms with Gasteiger partial charge in [0, 0.05) is 24.3 Å². The number of nitrogens with one attached hydrogen (secondary N) is 1. The summed E-state index contributed by atoms with van der Waals surface area (Å²) < 4.78 is 27.1. The molecule has 2 aromatic carbocycles. The molecule has 1 N–H and O–H groups in total. The lowest BCUT2D eigenvalue weighted by molar-refractivity contribution is 0.102. The lowest BCUT2D eigenvalue weighted by Gasteiger charge is -2.30. The summed E-state index contributed by atoms with van der Waals surface area (Å²) in [5, 5.41) is 2.82. The van der Waals surface area contributed by atoms with Gasteiger partial charge >= 0.3 is 0 Å². The van der Waals surface area contributed by atoms with E-state index in [9.17, 15) is 13.2 Å². The highest BCUT2D eigenvalue weighted by Gasteiger charge is 2.28. The summed E-state index contributed by atoms with van der Waals surface area (Å²) in [7, 11) is -3.48. The molecule has 26 heavy (non-hydrogen) atoms. The van der Waals surface area contributed by atoms with Gasteiger partial charge in [0.25, 0.3) is 5.91 Å². The van der Waals surface area contributed by atoms with Crippen LogP contribution >= 0.6 is 0 Å². The van der Waals surface area contributed by atoms with Gasteiger partial charge < -0.3 is 5.32 Å². The van der Waals surface area contributed by atoms with Crippen LogP contribution in [-0.2, 0) is 10.0 Å². The Morgan fingerprint density at radius 1 is 1.12 bits per heavy atom. The quantitative estimate of drug-likeness (QED) is 0.890. The first-order valence-corrected chi connectivity index (χ1v) is 10.3. The lowest BCUT2D eigenvalue weighted by Crippen LogP contribution is -2.39. The van der Waals surface area contributed by atoms with Gasteiger partial charge in [0.1, 0.15) is 0 Å². The van der Waals surface area contributed by atoms with Crippen LogP contribution in [0.3, 0.4) is 0 Å². The molecule has 138 valence electrons. The number of piperidine rings is 1. The number of sulfonamides is 1. The minimum Gasteiger partial charge on any atom is -0.322 e. The maximum atomic E-state index is 12.8. The van der Waals surface area contributed by atoms with E-state index in [1.54, 1.807) is 34.6 Å². The molecule has 3 rings (SSSR count). The predicted octanol–water partition coefficient (Wildman–Crippen LogP) is 3.67. The normalized spacial score (nSPS) is 18.5. The van der Waals surface area contributed by atoms with Crippen molar-refractivity contribution in [2.24, 2.45) is 5.92 Å². The van der Waals surface area contributed by atoms with Gasteiger partial charge in [0.15, 0.2) is 0 Å². The predicted molar refractivity (Wildman–Crippen MR) is 103 cm³/mol. The van der Waals surface area contributed by atoms with Crippen molar-refractivity contribution in [3.8, 4) is 0 Å². The highest BCUT2D eigenvalue weighted by atomic mass is 32.2. The monoisotopic (exact) mass is 372 g/mol. The summed E-state index contributed by atoms with van der Waals surface area (Å²) in [5.74, 6) is 0.176. The summed E-state index contributed by atoms with van der Waals surface area (Å²) in [6.07, 6.45) is 1.96. The lowest BCUT2D eigenvalue weighted by atomic mass is 10.0. The smallest absolute Gasteiger partial charge is 0.255 e. The Balaban J connectivity index is 1.74. The number of carbonyl (C=O) groups is 1. The van der Waals surface area contributed by atoms with Crippen molar-refractivity contribution in [1.82, 2.24) is 4.31 Å². The maximum Gasteiger partial charge on any atom is 0.255 e. The molecule has 0 spiro atoms. The van der Waals surface area contributed by atoms with Crippen molar-refractivity contribution in [1.29, 1.82) is 0 Å². The third kappa shape index (κ3) is 3.97. The molecule has 0 unspecified atom stereocenters. The number of anilines is 1. The van der Waals surface area contributed by atoms with Gasteiger partial charge in [-0.2, -0.15) is 4.31 Å². The van der Waals surface area contributed by atoms with Gasteiger partial charge in [0.05, 0.1) is 4.90 Å². The molecule has 5 nitrogen and oxygen atoms in total. The van der Waals surface area contributed by atoms with E-state index in [0.29, 0.717) is 30.3 Å². The van der Waals surface area contributed by atoms with E-state index in [0.717, 1.165) is 18.4 Å². The summed E-state index contributed by atoms with van der Waals surface area (Å²) >= 11 is 0. The Bertz CT molecular complexity index is 892. The van der Waals surface area contributed by atoms with Gasteiger partial charge in [-0.05, 0) is 61.6 Å². The molecule has 0 aliphatic carbocycles. The largest absolute Gasteiger partial charge is 0.322 e. The van der Waals surface area contributed by atoms with Gasteiger partial charge in [-0.1, -0.05) is 25.1 Å². The number of rotatable bonds is 4. The third-order valence-electron chi connectivity index (χ3n) is 4.76. The number of hydrogen-bond acceptors (Lipinski definition) is 3. The van der Waals surface area contributed by atoms with Crippen LogP contribution in [0.1, 0.15) is 35.7 Å². The van der Waals surface area contributed by atoms with Crippen LogP contribution in [0, 0.1) is 12.8 Å². The number of amides is 1. The molecule has 6 heteroatoms. The minimum absolute atomic E-state index is 0.205. The number of benzene rings is 2. The van der Waals surface area contributed by atoms with E-state index in [1.807, 2.05) is 25.1 Å². The topological polar surface area (TPSA) is 66.5 Å². The van der Waals surface area contributed by atoms with E-state index in [2.05, 4.69) is 12.2 Å². The molecular formula is C20H24N2O3S. The maximum absolute atomic E-state index is 12.8. The Labute approximate surface area is 155 Å². The van der Waals surface area contributed by atoms with Gasteiger partial charge in [-0.3, -0.25) is 4.79 Å². The van der Waals surface area contributed by atoms with Gasteiger partial charge in [-0.25, -0.2) is 8.42 Å². The first kappa shape index (κ1) is 18.6. The average molecular weight is 372 g/mol. The highest BCUT2D eigenvalue weighted by molar-refractivity contribution is 7.89. The van der Waals surface area contributed by atoms with Crippen LogP contribution in [0.2, 0.25) is 0 Å². The third-order valence-corrected chi connectivity index (χ3v) is 6.64. The van der Waals surface area contributed by atoms with E-state index in [-0.39, 0.29) is 10.8 Å². The van der Waals surface area contributed by atoms with Crippen LogP contribution < -0.4 is 5.32 Å². The van der Waals surface area contributed by atoms with Crippen LogP contribution in [0.5, 0.6) is 0 Å². The van der Waals surface area contributed by atoms with Crippen molar-refractivity contribution >= 4 is 21.6 Å². The van der Waals surface area contributed by atoms with Crippen molar-refractivity contribution in [3.63, 3.8) is 0 Å². The molecule has 0 saturated carbocycles. The van der Waals surface area contributed by atoms with Crippen LogP contribution in [0.25, 0.3) is 0 Å². The second-order valence-electron chi connectivity index (χ2n) is 6.90. The van der Waals surface area contributed by atoms with Gasteiger partial charge in [0.2, 0.25) is 10.0 Å². The molecule has 1 fully saturated rings. The Hall–Kier alpha value is -2.18. The summed E-state index contributed by atoms with van der Waals surface area (Å²) in [6.45, 7) is 5.09. The number of nitrogens with zero attached hydrogens (tertiary/aromatic N) is 1. The zero-order valence-corrected chi connectivity index (χ0v) is 15.9. The molecule has 1 aliphatic rings. The summed E-state index contributed by atoms with van der Waals surface area (Å²) in [4.78, 5) is 12.6. The average Bonchev–Trinajstić information content (AvgIpc) is 2.62. The Kier molecular flexibility index (Phi) is 5.44. The van der Waals surface area contributed by atoms with Crippen LogP contribution in [0.15, 0.2) is 53.4 Å². The van der Waals surface area contributed by atoms with Crippen molar-refractivity contribution in [2.45, 2.75) is 31.6 Å². The Morgan fingerprint density at radius 2 is 1.81 bits per heavy atom. The standard InChI is InChI=1S/C20H24N2O3S/c1-15-6-5-13-22(14-15)26(24,25)18-11-9-17(10-12-18)21-20(23)19-8-4-3-7-16(19)2/h3-4,7-12,15H,5-6,13-14H2,1-2H3,(H,21,23)/t15-/m0/s1. The zero-order chi connectivity index (χ0) is 18.7. The molecule has 2 aromatic rings. The minimum atomic E-state index is -3.48. The van der Waals surface area contributed by atoms with E-state index >= 15 is 0 Å². The van der Waals surface area contributed by atoms with Crippen molar-refractivity contribution in [3.05, 3.63) is 59.7 Å². The molecule has 1 aliphatic heterocycles. The van der Waals surface area contributed by atoms with Gasteiger partial charge in [-0.15, -0.1) is 0 Å². The molecule has 1 heterocycles. The van der Waals surface area contributed by atoms with E-state index in [4.69, 9.17) is 0 Å². The van der Waals surface area contributed by atoms with Crippen molar-refractivity contribution < 1.29 is 13.2 Å². The fraction of sp³-hybridized carbons (Fsp3) is 0.350. The SMILES string of the molecule is Cc1ccccc1C(=O)Nc1ccc(S(=O)(=O)N2CCC[C@H](C)C2)cc1. The van der Waals surface area contributed by atoms with E-state index < -0.39 is 10.0 Å². The molecule has 1 saturated heterocycles. The molecule has 1 amide bonds. The van der Waals surface area contributed by atoms with Crippen LogP contribution in [-0.4, -0.2) is 31.7 Å². The highest BCUT2D eigenvalue weighted by Crippen LogP contribution is 2.24. The number of hydrogen-bond donors (Lipinski definition) is 1. The first-order valence-electron chi connectivity index (χ1n) is 8.85. The summed E-state index contributed by atoms with van der Waals surface area (Å²) in [6, 6.07) is 13.7. The molecule has 0 bridgehead atoms. The number of aryl methyl sites for hydroxylation is 1. The Morgan fingerprint density at radius 3 is 2.46 bits per heavy atom.